The number of anilines is 2. The van der Waals surface area contributed by atoms with Gasteiger partial charge in [-0.25, -0.2) is 4.68 Å². The molecule has 1 aromatic heterocycles. The molecule has 19 heavy (non-hydrogen) atoms. The third-order valence-electron chi connectivity index (χ3n) is 3.32. The maximum Gasteiger partial charge on any atom is 0.226 e. The van der Waals surface area contributed by atoms with Crippen LogP contribution in [0.25, 0.3) is 0 Å². The maximum absolute atomic E-state index is 12.0. The fourth-order valence-corrected chi connectivity index (χ4v) is 2.63. The molecule has 2 rings (SSSR count). The van der Waals surface area contributed by atoms with E-state index in [1.165, 1.54) is 0 Å². The number of carbonyl (C=O) groups is 1. The smallest absolute Gasteiger partial charge is 0.226 e. The molecule has 0 aliphatic carbocycles. The largest absolute Gasteiger partial charge is 0.365 e. The Balaban J connectivity index is 2.32. The number of carbonyl (C=O) groups excluding carboxylic acids is 1. The summed E-state index contributed by atoms with van der Waals surface area (Å²) in [6.45, 7) is 11.4. The summed E-state index contributed by atoms with van der Waals surface area (Å²) in [6, 6.07) is 0.155. The Morgan fingerprint density at radius 3 is 2.68 bits per heavy atom. The first-order valence-corrected chi connectivity index (χ1v) is 6.94. The van der Waals surface area contributed by atoms with Crippen molar-refractivity contribution in [2.24, 2.45) is 5.41 Å². The molecule has 5 heteroatoms. The summed E-state index contributed by atoms with van der Waals surface area (Å²) < 4.78 is 1.92. The molecule has 1 amide bonds. The highest BCUT2D eigenvalue weighted by Gasteiger charge is 2.28. The van der Waals surface area contributed by atoms with Crippen LogP contribution in [-0.2, 0) is 11.3 Å². The molecule has 2 heterocycles. The van der Waals surface area contributed by atoms with Gasteiger partial charge in [0.25, 0.3) is 0 Å². The molecule has 1 unspecified atom stereocenters. The number of aromatic nitrogens is 2. The number of hydrogen-bond acceptors (Lipinski definition) is 3. The van der Waals surface area contributed by atoms with Crippen molar-refractivity contribution in [3.8, 4) is 0 Å². The monoisotopic (exact) mass is 264 g/mol. The molecule has 1 aromatic rings. The van der Waals surface area contributed by atoms with Crippen molar-refractivity contribution in [3.05, 3.63) is 5.69 Å². The highest BCUT2D eigenvalue weighted by molar-refractivity contribution is 5.96. The summed E-state index contributed by atoms with van der Waals surface area (Å²) in [7, 11) is 0. The summed E-state index contributed by atoms with van der Waals surface area (Å²) >= 11 is 0. The van der Waals surface area contributed by atoms with Gasteiger partial charge in [-0.3, -0.25) is 4.79 Å². The third-order valence-corrected chi connectivity index (χ3v) is 3.32. The molecule has 0 bridgehead atoms. The van der Waals surface area contributed by atoms with E-state index in [1.54, 1.807) is 0 Å². The number of amides is 1. The van der Waals surface area contributed by atoms with Crippen LogP contribution in [0.15, 0.2) is 0 Å². The lowest BCUT2D eigenvalue weighted by atomic mass is 9.87. The minimum absolute atomic E-state index is 0.0688. The topological polar surface area (TPSA) is 59.0 Å². The van der Waals surface area contributed by atoms with Gasteiger partial charge in [-0.1, -0.05) is 20.8 Å². The molecule has 106 valence electrons. The molecular weight excluding hydrogens is 240 g/mol. The average molecular weight is 264 g/mol. The fraction of sp³-hybridized carbons (Fsp3) is 0.714. The van der Waals surface area contributed by atoms with Crippen LogP contribution in [0.4, 0.5) is 11.5 Å². The minimum Gasteiger partial charge on any atom is -0.365 e. The summed E-state index contributed by atoms with van der Waals surface area (Å²) in [5.41, 5.74) is 1.89. The van der Waals surface area contributed by atoms with Gasteiger partial charge in [0.05, 0.1) is 5.69 Å². The van der Waals surface area contributed by atoms with Gasteiger partial charge in [0.2, 0.25) is 5.91 Å². The normalized spacial score (nSPS) is 19.4. The summed E-state index contributed by atoms with van der Waals surface area (Å²) in [4.78, 5) is 12.0. The zero-order valence-corrected chi connectivity index (χ0v) is 12.5. The Hall–Kier alpha value is -1.52. The SMILES string of the molecule is CCn1nc(C)c2c1NC(CC(C)(C)C)CC(=O)N2. The first-order valence-electron chi connectivity index (χ1n) is 6.94. The van der Waals surface area contributed by atoms with Crippen LogP contribution in [0, 0.1) is 12.3 Å². The molecule has 1 aliphatic rings. The summed E-state index contributed by atoms with van der Waals surface area (Å²) in [5, 5.41) is 10.9. The predicted molar refractivity (Wildman–Crippen MR) is 77.4 cm³/mol. The Kier molecular flexibility index (Phi) is 3.56. The second-order valence-electron chi connectivity index (χ2n) is 6.48. The van der Waals surface area contributed by atoms with E-state index in [4.69, 9.17) is 0 Å². The second-order valence-corrected chi connectivity index (χ2v) is 6.48. The van der Waals surface area contributed by atoms with E-state index in [-0.39, 0.29) is 17.4 Å². The highest BCUT2D eigenvalue weighted by Crippen LogP contribution is 2.32. The van der Waals surface area contributed by atoms with Crippen LogP contribution < -0.4 is 10.6 Å². The van der Waals surface area contributed by atoms with Gasteiger partial charge >= 0.3 is 0 Å². The van der Waals surface area contributed by atoms with E-state index < -0.39 is 0 Å². The van der Waals surface area contributed by atoms with Crippen molar-refractivity contribution in [3.63, 3.8) is 0 Å². The second kappa shape index (κ2) is 4.87. The minimum atomic E-state index is 0.0688. The lowest BCUT2D eigenvalue weighted by Gasteiger charge is -2.25. The van der Waals surface area contributed by atoms with Gasteiger partial charge in [-0.2, -0.15) is 5.10 Å². The van der Waals surface area contributed by atoms with Gasteiger partial charge < -0.3 is 10.6 Å². The molecule has 0 spiro atoms. The van der Waals surface area contributed by atoms with Crippen LogP contribution in [0.5, 0.6) is 0 Å². The Labute approximate surface area is 114 Å². The maximum atomic E-state index is 12.0. The van der Waals surface area contributed by atoms with Crippen molar-refractivity contribution < 1.29 is 4.79 Å². The van der Waals surface area contributed by atoms with Crippen molar-refractivity contribution >= 4 is 17.4 Å². The molecule has 0 radical (unpaired) electrons. The molecule has 1 atom stereocenters. The molecule has 2 N–H and O–H groups in total. The number of hydrogen-bond donors (Lipinski definition) is 2. The first-order chi connectivity index (χ1) is 8.80. The third kappa shape index (κ3) is 3.08. The Morgan fingerprint density at radius 1 is 1.42 bits per heavy atom. The molecule has 0 aromatic carbocycles. The van der Waals surface area contributed by atoms with E-state index in [0.29, 0.717) is 6.42 Å². The predicted octanol–water partition coefficient (Wildman–Crippen LogP) is 2.77. The number of fused-ring (bicyclic) bond motifs is 1. The quantitative estimate of drug-likeness (QED) is 0.863. The number of nitrogens with one attached hydrogen (secondary N) is 2. The first kappa shape index (κ1) is 13.9. The number of nitrogens with zero attached hydrogens (tertiary/aromatic N) is 2. The number of aryl methyl sites for hydroxylation is 2. The van der Waals surface area contributed by atoms with Gasteiger partial charge in [-0.15, -0.1) is 0 Å². The molecular formula is C14H24N4O. The average Bonchev–Trinajstić information content (AvgIpc) is 2.45. The van der Waals surface area contributed by atoms with Gasteiger partial charge in [0.1, 0.15) is 11.5 Å². The van der Waals surface area contributed by atoms with Crippen LogP contribution in [0.3, 0.4) is 0 Å². The standard InChI is InChI=1S/C14H24N4O/c1-6-18-13-12(9(2)17-18)16-11(19)7-10(15-13)8-14(3,4)5/h10,15H,6-8H2,1-5H3,(H,16,19). The van der Waals surface area contributed by atoms with Gasteiger partial charge in [0.15, 0.2) is 0 Å². The molecule has 1 aliphatic heterocycles. The van der Waals surface area contributed by atoms with E-state index >= 15 is 0 Å². The van der Waals surface area contributed by atoms with Crippen LogP contribution in [0.2, 0.25) is 0 Å². The molecule has 0 saturated heterocycles. The van der Waals surface area contributed by atoms with E-state index in [1.807, 2.05) is 11.6 Å². The lowest BCUT2D eigenvalue weighted by molar-refractivity contribution is -0.116. The van der Waals surface area contributed by atoms with Gasteiger partial charge in [0, 0.05) is 19.0 Å². The van der Waals surface area contributed by atoms with E-state index in [9.17, 15) is 4.79 Å². The van der Waals surface area contributed by atoms with Crippen molar-refractivity contribution in [2.75, 3.05) is 10.6 Å². The number of rotatable bonds is 2. The van der Waals surface area contributed by atoms with E-state index in [2.05, 4.69) is 43.4 Å². The van der Waals surface area contributed by atoms with Crippen molar-refractivity contribution in [1.82, 2.24) is 9.78 Å². The zero-order valence-electron chi connectivity index (χ0n) is 12.5. The lowest BCUT2D eigenvalue weighted by Crippen LogP contribution is -2.28. The molecule has 5 nitrogen and oxygen atoms in total. The molecule has 0 fully saturated rings. The Morgan fingerprint density at radius 2 is 2.11 bits per heavy atom. The summed E-state index contributed by atoms with van der Waals surface area (Å²) in [6.07, 6.45) is 1.46. The van der Waals surface area contributed by atoms with Crippen molar-refractivity contribution in [1.29, 1.82) is 0 Å². The molecule has 0 saturated carbocycles. The summed E-state index contributed by atoms with van der Waals surface area (Å²) in [5.74, 6) is 1.01. The fourth-order valence-electron chi connectivity index (χ4n) is 2.63. The van der Waals surface area contributed by atoms with Crippen LogP contribution in [0.1, 0.15) is 46.2 Å². The zero-order chi connectivity index (χ0) is 14.2. The van der Waals surface area contributed by atoms with Gasteiger partial charge in [-0.05, 0) is 25.7 Å². The van der Waals surface area contributed by atoms with Crippen LogP contribution in [-0.4, -0.2) is 21.7 Å². The Bertz CT molecular complexity index is 484. The van der Waals surface area contributed by atoms with Crippen molar-refractivity contribution in [2.45, 2.75) is 60.0 Å². The van der Waals surface area contributed by atoms with E-state index in [0.717, 1.165) is 30.2 Å². The highest BCUT2D eigenvalue weighted by atomic mass is 16.1. The van der Waals surface area contributed by atoms with Crippen LogP contribution >= 0.6 is 0 Å².